The van der Waals surface area contributed by atoms with Crippen LogP contribution in [0.15, 0.2) is 24.8 Å². The summed E-state index contributed by atoms with van der Waals surface area (Å²) in [5, 5.41) is 7.13. The van der Waals surface area contributed by atoms with Gasteiger partial charge in [0, 0.05) is 31.1 Å². The molecular formula is C15H19N5O2. The topological polar surface area (TPSA) is 81.9 Å². The molecular weight excluding hydrogens is 282 g/mol. The van der Waals surface area contributed by atoms with Gasteiger partial charge in [-0.2, -0.15) is 5.10 Å². The van der Waals surface area contributed by atoms with E-state index in [2.05, 4.69) is 20.4 Å². The summed E-state index contributed by atoms with van der Waals surface area (Å²) in [6.07, 6.45) is 6.96. The molecule has 1 saturated heterocycles. The van der Waals surface area contributed by atoms with Crippen LogP contribution in [0, 0.1) is 6.92 Å². The van der Waals surface area contributed by atoms with Crippen LogP contribution in [0.4, 0.5) is 0 Å². The highest BCUT2D eigenvalue weighted by molar-refractivity contribution is 5.92. The SMILES string of the molecule is Cc1cc(C(=O)NC[C@@]2(c3cnn(C)c3)CCCO2)ncn1. The Morgan fingerprint density at radius 2 is 2.36 bits per heavy atom. The Balaban J connectivity index is 1.74. The minimum atomic E-state index is -0.494. The van der Waals surface area contributed by atoms with Crippen molar-refractivity contribution in [1.29, 1.82) is 0 Å². The number of nitrogens with zero attached hydrogens (tertiary/aromatic N) is 4. The van der Waals surface area contributed by atoms with E-state index in [9.17, 15) is 4.79 Å². The molecule has 1 aliphatic heterocycles. The van der Waals surface area contributed by atoms with Gasteiger partial charge in [0.05, 0.1) is 12.7 Å². The second-order valence-corrected chi connectivity index (χ2v) is 5.58. The summed E-state index contributed by atoms with van der Waals surface area (Å²) in [5.74, 6) is -0.218. The second kappa shape index (κ2) is 5.84. The summed E-state index contributed by atoms with van der Waals surface area (Å²) in [6, 6.07) is 1.67. The van der Waals surface area contributed by atoms with Crippen molar-refractivity contribution in [2.75, 3.05) is 13.2 Å². The summed E-state index contributed by atoms with van der Waals surface area (Å²) in [5.41, 5.74) is 1.63. The number of carbonyl (C=O) groups is 1. The fourth-order valence-electron chi connectivity index (χ4n) is 2.72. The molecule has 0 saturated carbocycles. The van der Waals surface area contributed by atoms with Gasteiger partial charge in [-0.3, -0.25) is 9.48 Å². The highest BCUT2D eigenvalue weighted by Gasteiger charge is 2.38. The van der Waals surface area contributed by atoms with Gasteiger partial charge in [-0.1, -0.05) is 0 Å². The van der Waals surface area contributed by atoms with Crippen molar-refractivity contribution in [2.24, 2.45) is 7.05 Å². The fourth-order valence-corrected chi connectivity index (χ4v) is 2.72. The zero-order valence-electron chi connectivity index (χ0n) is 12.7. The van der Waals surface area contributed by atoms with E-state index in [1.165, 1.54) is 6.33 Å². The van der Waals surface area contributed by atoms with E-state index in [1.807, 2.05) is 20.2 Å². The van der Waals surface area contributed by atoms with Crippen LogP contribution in [0.25, 0.3) is 0 Å². The predicted octanol–water partition coefficient (Wildman–Crippen LogP) is 0.954. The lowest BCUT2D eigenvalue weighted by molar-refractivity contribution is 0.00126. The van der Waals surface area contributed by atoms with Crippen LogP contribution >= 0.6 is 0 Å². The third-order valence-electron chi connectivity index (χ3n) is 3.91. The Labute approximate surface area is 128 Å². The average Bonchev–Trinajstić information content (AvgIpc) is 3.14. The lowest BCUT2D eigenvalue weighted by Crippen LogP contribution is -2.40. The first-order chi connectivity index (χ1) is 10.6. The summed E-state index contributed by atoms with van der Waals surface area (Å²) < 4.78 is 7.69. The van der Waals surface area contributed by atoms with Gasteiger partial charge in [-0.05, 0) is 25.8 Å². The van der Waals surface area contributed by atoms with Crippen molar-refractivity contribution in [3.63, 3.8) is 0 Å². The number of amides is 1. The van der Waals surface area contributed by atoms with Crippen LogP contribution in [0.2, 0.25) is 0 Å². The van der Waals surface area contributed by atoms with Crippen molar-refractivity contribution < 1.29 is 9.53 Å². The summed E-state index contributed by atoms with van der Waals surface area (Å²) in [6.45, 7) is 2.92. The molecule has 7 nitrogen and oxygen atoms in total. The molecule has 0 spiro atoms. The van der Waals surface area contributed by atoms with Crippen molar-refractivity contribution >= 4 is 5.91 Å². The van der Waals surface area contributed by atoms with E-state index >= 15 is 0 Å². The normalized spacial score (nSPS) is 21.0. The van der Waals surface area contributed by atoms with Crippen LogP contribution in [0.5, 0.6) is 0 Å². The second-order valence-electron chi connectivity index (χ2n) is 5.58. The maximum absolute atomic E-state index is 12.3. The van der Waals surface area contributed by atoms with Gasteiger partial charge >= 0.3 is 0 Å². The molecule has 2 aromatic rings. The van der Waals surface area contributed by atoms with Gasteiger partial charge in [0.25, 0.3) is 5.91 Å². The van der Waals surface area contributed by atoms with Crippen molar-refractivity contribution in [3.8, 4) is 0 Å². The fraction of sp³-hybridized carbons (Fsp3) is 0.467. The van der Waals surface area contributed by atoms with E-state index < -0.39 is 5.60 Å². The van der Waals surface area contributed by atoms with Crippen LogP contribution < -0.4 is 5.32 Å². The van der Waals surface area contributed by atoms with Crippen molar-refractivity contribution in [2.45, 2.75) is 25.4 Å². The van der Waals surface area contributed by atoms with Gasteiger partial charge in [0.2, 0.25) is 0 Å². The Hall–Kier alpha value is -2.28. The molecule has 1 atom stereocenters. The molecule has 7 heteroatoms. The summed E-state index contributed by atoms with van der Waals surface area (Å²) >= 11 is 0. The quantitative estimate of drug-likeness (QED) is 0.909. The maximum Gasteiger partial charge on any atom is 0.270 e. The lowest BCUT2D eigenvalue weighted by atomic mass is 9.93. The van der Waals surface area contributed by atoms with Gasteiger partial charge in [0.15, 0.2) is 0 Å². The van der Waals surface area contributed by atoms with Crippen LogP contribution in [-0.4, -0.2) is 38.8 Å². The Morgan fingerprint density at radius 3 is 3.00 bits per heavy atom. The highest BCUT2D eigenvalue weighted by Crippen LogP contribution is 2.35. The van der Waals surface area contributed by atoms with E-state index in [1.54, 1.807) is 16.9 Å². The van der Waals surface area contributed by atoms with Crippen LogP contribution in [0.3, 0.4) is 0 Å². The first kappa shape index (κ1) is 14.6. The number of hydrogen-bond donors (Lipinski definition) is 1. The molecule has 0 radical (unpaired) electrons. The Kier molecular flexibility index (Phi) is 3.89. The summed E-state index contributed by atoms with van der Waals surface area (Å²) in [7, 11) is 1.87. The smallest absolute Gasteiger partial charge is 0.270 e. The van der Waals surface area contributed by atoms with Crippen molar-refractivity contribution in [3.05, 3.63) is 41.7 Å². The Morgan fingerprint density at radius 1 is 1.50 bits per heavy atom. The number of ether oxygens (including phenoxy) is 1. The molecule has 3 rings (SSSR count). The van der Waals surface area contributed by atoms with E-state index in [4.69, 9.17) is 4.74 Å². The molecule has 1 aliphatic rings. The average molecular weight is 301 g/mol. The predicted molar refractivity (Wildman–Crippen MR) is 79.2 cm³/mol. The maximum atomic E-state index is 12.3. The number of rotatable bonds is 4. The molecule has 2 aromatic heterocycles. The molecule has 22 heavy (non-hydrogen) atoms. The molecule has 0 unspecified atom stereocenters. The van der Waals surface area contributed by atoms with Gasteiger partial charge in [-0.25, -0.2) is 9.97 Å². The monoisotopic (exact) mass is 301 g/mol. The number of nitrogens with one attached hydrogen (secondary N) is 1. The minimum absolute atomic E-state index is 0.218. The zero-order valence-corrected chi connectivity index (χ0v) is 12.7. The third-order valence-corrected chi connectivity index (χ3v) is 3.91. The van der Waals surface area contributed by atoms with E-state index in [0.717, 1.165) is 24.1 Å². The minimum Gasteiger partial charge on any atom is -0.368 e. The number of carbonyl (C=O) groups excluding carboxylic acids is 1. The molecule has 0 aromatic carbocycles. The molecule has 1 fully saturated rings. The zero-order chi connectivity index (χ0) is 15.6. The molecule has 0 aliphatic carbocycles. The Bertz CT molecular complexity index is 676. The molecule has 3 heterocycles. The molecule has 1 amide bonds. The van der Waals surface area contributed by atoms with Crippen LogP contribution in [-0.2, 0) is 17.4 Å². The number of aryl methyl sites for hydroxylation is 2. The van der Waals surface area contributed by atoms with E-state index in [-0.39, 0.29) is 5.91 Å². The standard InChI is InChI=1S/C15H19N5O2/c1-11-6-13(18-10-17-11)14(21)16-9-15(4-3-5-22-15)12-7-19-20(2)8-12/h6-8,10H,3-5,9H2,1-2H3,(H,16,21)/t15-/m1/s1. The first-order valence-electron chi connectivity index (χ1n) is 7.29. The van der Waals surface area contributed by atoms with Crippen LogP contribution in [0.1, 0.15) is 34.6 Å². The molecule has 1 N–H and O–H groups in total. The summed E-state index contributed by atoms with van der Waals surface area (Å²) in [4.78, 5) is 20.3. The molecule has 0 bridgehead atoms. The number of hydrogen-bond acceptors (Lipinski definition) is 5. The van der Waals surface area contributed by atoms with Crippen molar-refractivity contribution in [1.82, 2.24) is 25.1 Å². The van der Waals surface area contributed by atoms with E-state index in [0.29, 0.717) is 18.8 Å². The third kappa shape index (κ3) is 2.85. The largest absolute Gasteiger partial charge is 0.368 e. The van der Waals surface area contributed by atoms with Gasteiger partial charge < -0.3 is 10.1 Å². The number of aromatic nitrogens is 4. The molecule has 116 valence electrons. The first-order valence-corrected chi connectivity index (χ1v) is 7.29. The highest BCUT2D eigenvalue weighted by atomic mass is 16.5. The van der Waals surface area contributed by atoms with Gasteiger partial charge in [-0.15, -0.1) is 0 Å². The lowest BCUT2D eigenvalue weighted by Gasteiger charge is -2.27. The van der Waals surface area contributed by atoms with Gasteiger partial charge in [0.1, 0.15) is 17.6 Å².